The summed E-state index contributed by atoms with van der Waals surface area (Å²) in [5.41, 5.74) is 1.03. The van der Waals surface area contributed by atoms with Crippen LogP contribution in [0.25, 0.3) is 0 Å². The van der Waals surface area contributed by atoms with Gasteiger partial charge in [-0.05, 0) is 14.0 Å². The Bertz CT molecular complexity index is 283. The summed E-state index contributed by atoms with van der Waals surface area (Å²) in [6.45, 7) is 2.69. The lowest BCUT2D eigenvalue weighted by Crippen LogP contribution is -2.14. The van der Waals surface area contributed by atoms with Gasteiger partial charge in [0.05, 0.1) is 5.69 Å². The molecule has 1 heterocycles. The maximum atomic E-state index is 4.31. The number of nitrogens with one attached hydrogen (secondary N) is 1. The van der Waals surface area contributed by atoms with Crippen LogP contribution in [0, 0.1) is 6.92 Å². The van der Waals surface area contributed by atoms with Crippen molar-refractivity contribution >= 4 is 5.82 Å². The number of hydrogen-bond acceptors (Lipinski definition) is 4. The highest BCUT2D eigenvalue weighted by atomic mass is 15.1. The van der Waals surface area contributed by atoms with Gasteiger partial charge in [-0.15, -0.1) is 0 Å². The summed E-state index contributed by atoms with van der Waals surface area (Å²) >= 11 is 0. The Balaban J connectivity index is 2.96. The van der Waals surface area contributed by atoms with E-state index in [0.29, 0.717) is 0 Å². The van der Waals surface area contributed by atoms with Crippen LogP contribution >= 0.6 is 0 Å². The van der Waals surface area contributed by atoms with Crippen molar-refractivity contribution in [2.24, 2.45) is 0 Å². The molecule has 0 atom stereocenters. The molecule has 0 saturated heterocycles. The minimum Gasteiger partial charge on any atom is -0.363 e. The van der Waals surface area contributed by atoms with E-state index in [4.69, 9.17) is 0 Å². The van der Waals surface area contributed by atoms with Gasteiger partial charge in [-0.2, -0.15) is 0 Å². The molecule has 1 rings (SSSR count). The second kappa shape index (κ2) is 4.18. The molecule has 0 bridgehead atoms. The molecule has 0 radical (unpaired) electrons. The van der Waals surface area contributed by atoms with Crippen LogP contribution in [-0.2, 0) is 6.54 Å². The fourth-order valence-corrected chi connectivity index (χ4v) is 1.11. The first kappa shape index (κ1) is 9.92. The molecule has 0 saturated carbocycles. The predicted octanol–water partition coefficient (Wildman–Crippen LogP) is 0.570. The molecule has 0 unspecified atom stereocenters. The lowest BCUT2D eigenvalue weighted by Gasteiger charge is -2.12. The minimum atomic E-state index is 0.782. The number of rotatable bonds is 3. The summed E-state index contributed by atoms with van der Waals surface area (Å²) in [4.78, 5) is 10.6. The standard InChI is InChI=1S/C9H16N4/c1-7-11-8(6-10-2)5-9(12-7)13(3)4/h5,10H,6H2,1-4H3. The normalized spacial score (nSPS) is 10.2. The van der Waals surface area contributed by atoms with Gasteiger partial charge in [-0.1, -0.05) is 0 Å². The van der Waals surface area contributed by atoms with E-state index in [-0.39, 0.29) is 0 Å². The Kier molecular flexibility index (Phi) is 3.19. The molecule has 0 aliphatic carbocycles. The molecule has 4 nitrogen and oxygen atoms in total. The molecule has 0 aliphatic rings. The smallest absolute Gasteiger partial charge is 0.132 e. The Morgan fingerprint density at radius 1 is 1.38 bits per heavy atom. The molecule has 1 N–H and O–H groups in total. The van der Waals surface area contributed by atoms with Gasteiger partial charge >= 0.3 is 0 Å². The SMILES string of the molecule is CNCc1cc(N(C)C)nc(C)n1. The number of aromatic nitrogens is 2. The number of hydrogen-bond donors (Lipinski definition) is 1. The van der Waals surface area contributed by atoms with E-state index in [0.717, 1.165) is 23.9 Å². The zero-order chi connectivity index (χ0) is 9.84. The van der Waals surface area contributed by atoms with E-state index in [1.165, 1.54) is 0 Å². The summed E-state index contributed by atoms with van der Waals surface area (Å²) in [6, 6.07) is 1.99. The molecule has 4 heteroatoms. The topological polar surface area (TPSA) is 41.0 Å². The Morgan fingerprint density at radius 3 is 2.62 bits per heavy atom. The zero-order valence-electron chi connectivity index (χ0n) is 8.63. The molecule has 1 aromatic rings. The molecule has 1 aromatic heterocycles. The van der Waals surface area contributed by atoms with Crippen molar-refractivity contribution in [2.75, 3.05) is 26.0 Å². The van der Waals surface area contributed by atoms with Crippen LogP contribution in [0.3, 0.4) is 0 Å². The van der Waals surface area contributed by atoms with Crippen molar-refractivity contribution in [3.63, 3.8) is 0 Å². The van der Waals surface area contributed by atoms with Gasteiger partial charge < -0.3 is 10.2 Å². The van der Waals surface area contributed by atoms with Crippen molar-refractivity contribution < 1.29 is 0 Å². The van der Waals surface area contributed by atoms with Gasteiger partial charge in [0.25, 0.3) is 0 Å². The van der Waals surface area contributed by atoms with Crippen molar-refractivity contribution in [3.8, 4) is 0 Å². The highest BCUT2D eigenvalue weighted by molar-refractivity contribution is 5.37. The molecule has 0 amide bonds. The van der Waals surface area contributed by atoms with Crippen LogP contribution in [0.4, 0.5) is 5.82 Å². The highest BCUT2D eigenvalue weighted by Gasteiger charge is 2.01. The van der Waals surface area contributed by atoms with Crippen LogP contribution in [0.1, 0.15) is 11.5 Å². The van der Waals surface area contributed by atoms with Gasteiger partial charge in [-0.3, -0.25) is 0 Å². The zero-order valence-corrected chi connectivity index (χ0v) is 8.63. The first-order valence-corrected chi connectivity index (χ1v) is 4.30. The third-order valence-electron chi connectivity index (χ3n) is 1.69. The van der Waals surface area contributed by atoms with Gasteiger partial charge in [-0.25, -0.2) is 9.97 Å². The minimum absolute atomic E-state index is 0.782. The van der Waals surface area contributed by atoms with Gasteiger partial charge in [0, 0.05) is 26.7 Å². The maximum absolute atomic E-state index is 4.31. The van der Waals surface area contributed by atoms with E-state index in [1.807, 2.05) is 39.0 Å². The summed E-state index contributed by atoms with van der Waals surface area (Å²) in [5, 5.41) is 3.07. The van der Waals surface area contributed by atoms with Crippen LogP contribution in [0.2, 0.25) is 0 Å². The average Bonchev–Trinajstić information content (AvgIpc) is 2.03. The quantitative estimate of drug-likeness (QED) is 0.738. The van der Waals surface area contributed by atoms with Crippen molar-refractivity contribution in [1.29, 1.82) is 0 Å². The molecular weight excluding hydrogens is 164 g/mol. The lowest BCUT2D eigenvalue weighted by atomic mass is 10.3. The maximum Gasteiger partial charge on any atom is 0.132 e. The van der Waals surface area contributed by atoms with E-state index in [1.54, 1.807) is 0 Å². The van der Waals surface area contributed by atoms with E-state index in [2.05, 4.69) is 15.3 Å². The van der Waals surface area contributed by atoms with Gasteiger partial charge in [0.15, 0.2) is 0 Å². The fraction of sp³-hybridized carbons (Fsp3) is 0.556. The Morgan fingerprint density at radius 2 is 2.08 bits per heavy atom. The first-order valence-electron chi connectivity index (χ1n) is 4.30. The average molecular weight is 180 g/mol. The van der Waals surface area contributed by atoms with E-state index >= 15 is 0 Å². The Hall–Kier alpha value is -1.16. The number of nitrogens with zero attached hydrogens (tertiary/aromatic N) is 3. The number of anilines is 1. The molecule has 0 fully saturated rings. The first-order chi connectivity index (χ1) is 6.13. The second-order valence-electron chi connectivity index (χ2n) is 3.19. The largest absolute Gasteiger partial charge is 0.363 e. The van der Waals surface area contributed by atoms with Gasteiger partial charge in [0.2, 0.25) is 0 Å². The van der Waals surface area contributed by atoms with Crippen LogP contribution in [0.5, 0.6) is 0 Å². The van der Waals surface area contributed by atoms with Crippen LogP contribution in [-0.4, -0.2) is 31.1 Å². The van der Waals surface area contributed by atoms with E-state index < -0.39 is 0 Å². The highest BCUT2D eigenvalue weighted by Crippen LogP contribution is 2.08. The van der Waals surface area contributed by atoms with Crippen LogP contribution < -0.4 is 10.2 Å². The monoisotopic (exact) mass is 180 g/mol. The summed E-state index contributed by atoms with van der Waals surface area (Å²) in [7, 11) is 5.86. The third kappa shape index (κ3) is 2.66. The summed E-state index contributed by atoms with van der Waals surface area (Å²) in [6.07, 6.45) is 0. The predicted molar refractivity (Wildman–Crippen MR) is 53.9 cm³/mol. The molecule has 0 aromatic carbocycles. The number of aryl methyl sites for hydroxylation is 1. The Labute approximate surface area is 79.0 Å². The van der Waals surface area contributed by atoms with Crippen LogP contribution in [0.15, 0.2) is 6.07 Å². The third-order valence-corrected chi connectivity index (χ3v) is 1.69. The molecule has 0 spiro atoms. The molecule has 0 aliphatic heterocycles. The van der Waals surface area contributed by atoms with Crippen molar-refractivity contribution in [3.05, 3.63) is 17.6 Å². The van der Waals surface area contributed by atoms with Gasteiger partial charge in [0.1, 0.15) is 11.6 Å². The molecule has 13 heavy (non-hydrogen) atoms. The lowest BCUT2D eigenvalue weighted by molar-refractivity contribution is 0.776. The second-order valence-corrected chi connectivity index (χ2v) is 3.19. The summed E-state index contributed by atoms with van der Waals surface area (Å²) in [5.74, 6) is 1.77. The molecular formula is C9H16N4. The molecule has 72 valence electrons. The van der Waals surface area contributed by atoms with E-state index in [9.17, 15) is 0 Å². The van der Waals surface area contributed by atoms with Crippen molar-refractivity contribution in [1.82, 2.24) is 15.3 Å². The summed E-state index contributed by atoms with van der Waals surface area (Å²) < 4.78 is 0. The fourth-order valence-electron chi connectivity index (χ4n) is 1.11. The van der Waals surface area contributed by atoms with Crippen molar-refractivity contribution in [2.45, 2.75) is 13.5 Å².